The molecule has 0 saturated carbocycles. The van der Waals surface area contributed by atoms with Crippen molar-refractivity contribution in [2.24, 2.45) is 7.05 Å². The number of ether oxygens (including phenoxy) is 3. The van der Waals surface area contributed by atoms with Crippen LogP contribution in [0.25, 0.3) is 27.7 Å². The first-order chi connectivity index (χ1) is 24.6. The van der Waals surface area contributed by atoms with E-state index in [4.69, 9.17) is 47.5 Å². The molecule has 0 bridgehead atoms. The maximum Gasteiger partial charge on any atom is 0.133 e. The predicted molar refractivity (Wildman–Crippen MR) is 209 cm³/mol. The summed E-state index contributed by atoms with van der Waals surface area (Å²) in [5.74, 6) is 3.56. The lowest BCUT2D eigenvalue weighted by atomic mass is 10.1. The Bertz CT molecular complexity index is 2130. The molecule has 14 heteroatoms. The van der Waals surface area contributed by atoms with Gasteiger partial charge in [-0.3, -0.25) is 4.68 Å². The summed E-state index contributed by atoms with van der Waals surface area (Å²) < 4.78 is 23.5. The Morgan fingerprint density at radius 1 is 0.922 bits per heavy atom. The second kappa shape index (κ2) is 15.0. The minimum atomic E-state index is -0.708. The Kier molecular flexibility index (Phi) is 10.4. The molecule has 1 aliphatic heterocycles. The zero-order valence-electron chi connectivity index (χ0n) is 29.7. The number of halogens is 2. The molecule has 0 aliphatic carbocycles. The Balaban J connectivity index is 1.36. The van der Waals surface area contributed by atoms with Crippen molar-refractivity contribution in [1.82, 2.24) is 28.9 Å². The van der Waals surface area contributed by atoms with Crippen LogP contribution in [0.3, 0.4) is 0 Å². The highest BCUT2D eigenvalue weighted by Crippen LogP contribution is 2.36. The van der Waals surface area contributed by atoms with E-state index in [1.165, 1.54) is 0 Å². The molecule has 270 valence electrons. The van der Waals surface area contributed by atoms with Crippen molar-refractivity contribution in [1.29, 1.82) is 0 Å². The summed E-state index contributed by atoms with van der Waals surface area (Å²) in [6.45, 7) is 4.98. The van der Waals surface area contributed by atoms with Gasteiger partial charge in [0, 0.05) is 61.5 Å². The number of imidazole rings is 1. The molecule has 1 aliphatic rings. The van der Waals surface area contributed by atoms with Gasteiger partial charge in [0.1, 0.15) is 24.1 Å². The van der Waals surface area contributed by atoms with Crippen molar-refractivity contribution in [2.75, 3.05) is 74.3 Å². The molecule has 0 radical (unpaired) electrons. The van der Waals surface area contributed by atoms with E-state index in [0.717, 1.165) is 75.2 Å². The van der Waals surface area contributed by atoms with Crippen LogP contribution in [-0.2, 0) is 36.3 Å². The molecular weight excluding hydrogens is 707 g/mol. The van der Waals surface area contributed by atoms with Crippen molar-refractivity contribution >= 4 is 61.3 Å². The van der Waals surface area contributed by atoms with Crippen LogP contribution in [-0.4, -0.2) is 93.5 Å². The maximum absolute atomic E-state index is 6.57. The van der Waals surface area contributed by atoms with E-state index in [-0.39, 0.29) is 0 Å². The van der Waals surface area contributed by atoms with E-state index in [1.807, 2.05) is 59.1 Å². The van der Waals surface area contributed by atoms with Crippen molar-refractivity contribution in [3.8, 4) is 16.9 Å². The van der Waals surface area contributed by atoms with Gasteiger partial charge in [-0.05, 0) is 54.7 Å². The van der Waals surface area contributed by atoms with Crippen molar-refractivity contribution < 1.29 is 14.2 Å². The number of methoxy groups -OCH3 is 1. The Morgan fingerprint density at radius 2 is 1.69 bits per heavy atom. The van der Waals surface area contributed by atoms with Crippen LogP contribution in [0, 0.1) is 0 Å². The van der Waals surface area contributed by atoms with Crippen molar-refractivity contribution in [3.05, 3.63) is 88.6 Å². The highest BCUT2D eigenvalue weighted by molar-refractivity contribution is 8.32. The summed E-state index contributed by atoms with van der Waals surface area (Å²) in [5, 5.41) is 10.4. The molecular formula is C37H44Cl2N8O3S. The van der Waals surface area contributed by atoms with Crippen LogP contribution in [0.1, 0.15) is 11.4 Å². The summed E-state index contributed by atoms with van der Waals surface area (Å²) >= 11 is 13.1. The molecule has 2 aromatic carbocycles. The molecule has 11 nitrogen and oxygen atoms in total. The highest BCUT2D eigenvalue weighted by Gasteiger charge is 2.23. The first kappa shape index (κ1) is 35.5. The van der Waals surface area contributed by atoms with Crippen LogP contribution in [0.2, 0.25) is 10.0 Å². The Hall–Kier alpha value is -3.94. The zero-order valence-corrected chi connectivity index (χ0v) is 32.0. The number of hydrogen-bond acceptors (Lipinski definition) is 8. The first-order valence-corrected chi connectivity index (χ1v) is 20.6. The summed E-state index contributed by atoms with van der Waals surface area (Å²) in [7, 11) is 2.90. The molecule has 0 N–H and O–H groups in total. The number of morpholine rings is 1. The largest absolute Gasteiger partial charge is 0.497 e. The third-order valence-corrected chi connectivity index (χ3v) is 11.2. The standard InChI is InChI=1S/C37H44Cl2N8O3S/c1-43-23-27(20-40-43)30-21-41-47-34(30)16-28(44-10-12-49-13-11-44)17-37(47)45(22-26-6-8-29(48-2)9-7-26)24-36-42-33-18-31(38)32(39)19-35(33)46(36)25-50-14-15-51(3,4)5/h6-9,16-21,23H,10-15,22,24-25H2,1-5H3. The Morgan fingerprint density at radius 3 is 2.39 bits per heavy atom. The van der Waals surface area contributed by atoms with E-state index in [9.17, 15) is 0 Å². The van der Waals surface area contributed by atoms with E-state index >= 15 is 0 Å². The van der Waals surface area contributed by atoms with Crippen LogP contribution in [0.15, 0.2) is 67.1 Å². The fourth-order valence-electron chi connectivity index (χ4n) is 6.31. The summed E-state index contributed by atoms with van der Waals surface area (Å²) in [4.78, 5) is 9.84. The maximum atomic E-state index is 6.57. The molecule has 0 amide bonds. The second-order valence-corrected chi connectivity index (χ2v) is 19.1. The number of nitrogens with zero attached hydrogens (tertiary/aromatic N) is 8. The van der Waals surface area contributed by atoms with E-state index < -0.39 is 10.0 Å². The molecule has 6 aromatic rings. The fourth-order valence-corrected chi connectivity index (χ4v) is 7.24. The van der Waals surface area contributed by atoms with E-state index in [2.05, 4.69) is 62.5 Å². The summed E-state index contributed by atoms with van der Waals surface area (Å²) in [6, 6.07) is 16.3. The quantitative estimate of drug-likeness (QED) is 0.116. The third kappa shape index (κ3) is 7.95. The normalized spacial score (nSPS) is 14.1. The van der Waals surface area contributed by atoms with Gasteiger partial charge >= 0.3 is 0 Å². The number of pyridine rings is 1. The number of aromatic nitrogens is 6. The molecule has 4 aromatic heterocycles. The zero-order chi connectivity index (χ0) is 35.7. The second-order valence-electron chi connectivity index (χ2n) is 13.7. The predicted octanol–water partition coefficient (Wildman–Crippen LogP) is 7.11. The van der Waals surface area contributed by atoms with Gasteiger partial charge < -0.3 is 28.6 Å². The van der Waals surface area contributed by atoms with Gasteiger partial charge in [-0.1, -0.05) is 35.3 Å². The topological polar surface area (TPSA) is 87.1 Å². The van der Waals surface area contributed by atoms with Gasteiger partial charge in [-0.15, -0.1) is 0 Å². The van der Waals surface area contributed by atoms with E-state index in [1.54, 1.807) is 7.11 Å². The minimum absolute atomic E-state index is 0.339. The van der Waals surface area contributed by atoms with Crippen LogP contribution in [0.4, 0.5) is 11.5 Å². The van der Waals surface area contributed by atoms with Gasteiger partial charge in [0.2, 0.25) is 0 Å². The molecule has 1 saturated heterocycles. The molecule has 0 unspecified atom stereocenters. The molecule has 1 fully saturated rings. The molecule has 5 heterocycles. The van der Waals surface area contributed by atoms with E-state index in [0.29, 0.717) is 49.7 Å². The summed E-state index contributed by atoms with van der Waals surface area (Å²) in [5.41, 5.74) is 6.85. The monoisotopic (exact) mass is 750 g/mol. The van der Waals surface area contributed by atoms with Gasteiger partial charge in [0.15, 0.2) is 0 Å². The van der Waals surface area contributed by atoms with Gasteiger partial charge in [0.05, 0.1) is 72.5 Å². The van der Waals surface area contributed by atoms with Crippen molar-refractivity contribution in [2.45, 2.75) is 19.8 Å². The SMILES string of the molecule is COc1ccc(CN(Cc2nc3cc(Cl)c(Cl)cc3n2COCCS(C)(C)C)c2cc(N3CCOCC3)cc3c(-c4cnn(C)c4)cnn23)cc1. The highest BCUT2D eigenvalue weighted by atomic mass is 35.5. The van der Waals surface area contributed by atoms with Crippen molar-refractivity contribution in [3.63, 3.8) is 0 Å². The fraction of sp³-hybridized carbons (Fsp3) is 0.378. The number of aryl methyl sites for hydroxylation is 1. The summed E-state index contributed by atoms with van der Waals surface area (Å²) in [6.07, 6.45) is 12.7. The Labute approximate surface area is 309 Å². The average molecular weight is 752 g/mol. The lowest BCUT2D eigenvalue weighted by molar-refractivity contribution is 0.0903. The van der Waals surface area contributed by atoms with Gasteiger partial charge in [-0.2, -0.15) is 10.2 Å². The number of anilines is 2. The minimum Gasteiger partial charge on any atom is -0.497 e. The molecule has 0 atom stereocenters. The number of fused-ring (bicyclic) bond motifs is 2. The van der Waals surface area contributed by atoms with Crippen LogP contribution < -0.4 is 14.5 Å². The number of benzene rings is 2. The van der Waals surface area contributed by atoms with Gasteiger partial charge in [0.25, 0.3) is 0 Å². The number of hydrogen-bond donors (Lipinski definition) is 0. The van der Waals surface area contributed by atoms with Crippen LogP contribution in [0.5, 0.6) is 5.75 Å². The lowest BCUT2D eigenvalue weighted by Gasteiger charge is -2.31. The molecule has 7 rings (SSSR count). The van der Waals surface area contributed by atoms with Gasteiger partial charge in [-0.25, -0.2) is 19.5 Å². The third-order valence-electron chi connectivity index (χ3n) is 9.10. The number of rotatable bonds is 13. The molecule has 51 heavy (non-hydrogen) atoms. The lowest BCUT2D eigenvalue weighted by Crippen LogP contribution is -2.36. The average Bonchev–Trinajstić information content (AvgIpc) is 3.83. The smallest absolute Gasteiger partial charge is 0.133 e. The van der Waals surface area contributed by atoms with Crippen LogP contribution >= 0.6 is 33.2 Å². The first-order valence-electron chi connectivity index (χ1n) is 16.9. The molecule has 0 spiro atoms.